The third-order valence-electron chi connectivity index (χ3n) is 4.40. The molecule has 1 aliphatic carbocycles. The van der Waals surface area contributed by atoms with Gasteiger partial charge >= 0.3 is 0 Å². The van der Waals surface area contributed by atoms with Gasteiger partial charge in [-0.2, -0.15) is 0 Å². The number of amides is 1. The highest BCUT2D eigenvalue weighted by atomic mass is 32.2. The van der Waals surface area contributed by atoms with E-state index in [1.54, 1.807) is 23.7 Å². The Bertz CT molecular complexity index is 443. The van der Waals surface area contributed by atoms with E-state index in [1.807, 2.05) is 6.92 Å². The lowest BCUT2D eigenvalue weighted by Gasteiger charge is -2.29. The molecular weight excluding hydrogens is 294 g/mol. The van der Waals surface area contributed by atoms with Crippen molar-refractivity contribution in [3.8, 4) is 0 Å². The third-order valence-corrected chi connectivity index (χ3v) is 7.62. The molecule has 0 spiro atoms. The van der Waals surface area contributed by atoms with Crippen LogP contribution >= 0.6 is 11.8 Å². The van der Waals surface area contributed by atoms with Gasteiger partial charge in [0.05, 0.1) is 16.8 Å². The van der Waals surface area contributed by atoms with Crippen LogP contribution in [0.1, 0.15) is 45.4 Å². The SMILES string of the molecule is CC(SC1CCCCC1)C(=O)N(C)C1CCS(=O)(=O)C1. The number of nitrogens with zero attached hydrogens (tertiary/aromatic N) is 1. The van der Waals surface area contributed by atoms with Crippen LogP contribution in [0.4, 0.5) is 0 Å². The van der Waals surface area contributed by atoms with Crippen LogP contribution < -0.4 is 0 Å². The maximum atomic E-state index is 12.4. The summed E-state index contributed by atoms with van der Waals surface area (Å²) in [7, 11) is -1.17. The van der Waals surface area contributed by atoms with Gasteiger partial charge < -0.3 is 4.90 Å². The first-order valence-corrected chi connectivity index (χ1v) is 10.3. The Hall–Kier alpha value is -0.230. The molecule has 1 saturated heterocycles. The van der Waals surface area contributed by atoms with E-state index in [9.17, 15) is 13.2 Å². The Balaban J connectivity index is 1.86. The van der Waals surface area contributed by atoms with Crippen molar-refractivity contribution in [1.29, 1.82) is 0 Å². The maximum absolute atomic E-state index is 12.4. The molecule has 0 aromatic rings. The molecule has 1 heterocycles. The van der Waals surface area contributed by atoms with Crippen LogP contribution in [0, 0.1) is 0 Å². The van der Waals surface area contributed by atoms with E-state index in [1.165, 1.54) is 32.1 Å². The fraction of sp³-hybridized carbons (Fsp3) is 0.929. The van der Waals surface area contributed by atoms with Crippen molar-refractivity contribution >= 4 is 27.5 Å². The molecule has 2 fully saturated rings. The van der Waals surface area contributed by atoms with Gasteiger partial charge in [0, 0.05) is 18.3 Å². The average Bonchev–Trinajstić information content (AvgIpc) is 2.78. The molecule has 0 bridgehead atoms. The Morgan fingerprint density at radius 1 is 1.20 bits per heavy atom. The predicted molar refractivity (Wildman–Crippen MR) is 83.8 cm³/mol. The lowest BCUT2D eigenvalue weighted by atomic mass is 10.0. The molecule has 2 atom stereocenters. The van der Waals surface area contributed by atoms with Crippen LogP contribution in [0.3, 0.4) is 0 Å². The minimum absolute atomic E-state index is 0.0635. The third kappa shape index (κ3) is 4.13. The van der Waals surface area contributed by atoms with Crippen molar-refractivity contribution < 1.29 is 13.2 Å². The molecule has 6 heteroatoms. The van der Waals surface area contributed by atoms with E-state index in [0.29, 0.717) is 11.7 Å². The Morgan fingerprint density at radius 2 is 1.85 bits per heavy atom. The van der Waals surface area contributed by atoms with Gasteiger partial charge in [-0.05, 0) is 26.2 Å². The van der Waals surface area contributed by atoms with Crippen LogP contribution in [0.2, 0.25) is 0 Å². The normalized spacial score (nSPS) is 28.2. The van der Waals surface area contributed by atoms with Crippen molar-refractivity contribution in [3.63, 3.8) is 0 Å². The van der Waals surface area contributed by atoms with Gasteiger partial charge in [0.1, 0.15) is 0 Å². The summed E-state index contributed by atoms with van der Waals surface area (Å²) in [6.45, 7) is 1.96. The zero-order valence-electron chi connectivity index (χ0n) is 12.4. The van der Waals surface area contributed by atoms with Gasteiger partial charge in [-0.25, -0.2) is 8.42 Å². The second-order valence-corrected chi connectivity index (χ2v) is 9.92. The predicted octanol–water partition coefficient (Wildman–Crippen LogP) is 2.09. The first-order valence-electron chi connectivity index (χ1n) is 7.51. The molecule has 4 nitrogen and oxygen atoms in total. The van der Waals surface area contributed by atoms with Crippen LogP contribution in [-0.2, 0) is 14.6 Å². The summed E-state index contributed by atoms with van der Waals surface area (Å²) in [5, 5.41) is 0.537. The Kier molecular flexibility index (Phi) is 5.40. The average molecular weight is 319 g/mol. The minimum atomic E-state index is -2.93. The monoisotopic (exact) mass is 319 g/mol. The summed E-state index contributed by atoms with van der Waals surface area (Å²) < 4.78 is 23.0. The van der Waals surface area contributed by atoms with E-state index >= 15 is 0 Å². The van der Waals surface area contributed by atoms with Gasteiger partial charge in [0.15, 0.2) is 9.84 Å². The largest absolute Gasteiger partial charge is 0.341 e. The smallest absolute Gasteiger partial charge is 0.235 e. The fourth-order valence-corrected chi connectivity index (χ4v) is 6.34. The van der Waals surface area contributed by atoms with E-state index < -0.39 is 9.84 Å². The van der Waals surface area contributed by atoms with Gasteiger partial charge in [0.25, 0.3) is 0 Å². The quantitative estimate of drug-likeness (QED) is 0.796. The molecule has 20 heavy (non-hydrogen) atoms. The highest BCUT2D eigenvalue weighted by Crippen LogP contribution is 2.32. The highest BCUT2D eigenvalue weighted by molar-refractivity contribution is 8.01. The van der Waals surface area contributed by atoms with E-state index in [4.69, 9.17) is 0 Å². The number of thioether (sulfide) groups is 1. The first kappa shape index (κ1) is 16.1. The zero-order valence-corrected chi connectivity index (χ0v) is 14.0. The molecule has 0 radical (unpaired) electrons. The minimum Gasteiger partial charge on any atom is -0.341 e. The van der Waals surface area contributed by atoms with Crippen LogP contribution in [0.15, 0.2) is 0 Å². The molecule has 2 aliphatic rings. The molecule has 1 saturated carbocycles. The topological polar surface area (TPSA) is 54.5 Å². The lowest BCUT2D eigenvalue weighted by Crippen LogP contribution is -2.42. The fourth-order valence-electron chi connectivity index (χ4n) is 3.10. The molecule has 116 valence electrons. The van der Waals surface area contributed by atoms with Crippen molar-refractivity contribution in [2.75, 3.05) is 18.6 Å². The number of sulfone groups is 1. The summed E-state index contributed by atoms with van der Waals surface area (Å²) in [4.78, 5) is 14.1. The number of hydrogen-bond donors (Lipinski definition) is 0. The molecule has 0 aromatic heterocycles. The van der Waals surface area contributed by atoms with Gasteiger partial charge in [-0.3, -0.25) is 4.79 Å². The Morgan fingerprint density at radius 3 is 2.40 bits per heavy atom. The van der Waals surface area contributed by atoms with Crippen LogP contribution in [0.25, 0.3) is 0 Å². The molecule has 0 N–H and O–H groups in total. The second kappa shape index (κ2) is 6.69. The first-order chi connectivity index (χ1) is 9.39. The van der Waals surface area contributed by atoms with Gasteiger partial charge in [-0.1, -0.05) is 19.3 Å². The molecular formula is C14H25NO3S2. The Labute approximate surface area is 126 Å². The summed E-state index contributed by atoms with van der Waals surface area (Å²) in [5.41, 5.74) is 0. The summed E-state index contributed by atoms with van der Waals surface area (Å²) in [5.74, 6) is 0.442. The molecule has 1 aliphatic heterocycles. The summed E-state index contributed by atoms with van der Waals surface area (Å²) >= 11 is 1.77. The van der Waals surface area contributed by atoms with E-state index in [0.717, 1.165) is 0 Å². The van der Waals surface area contributed by atoms with Gasteiger partial charge in [0.2, 0.25) is 5.91 Å². The van der Waals surface area contributed by atoms with E-state index in [2.05, 4.69) is 0 Å². The van der Waals surface area contributed by atoms with Crippen LogP contribution in [-0.4, -0.2) is 54.3 Å². The number of hydrogen-bond acceptors (Lipinski definition) is 4. The molecule has 2 rings (SSSR count). The molecule has 2 unspecified atom stereocenters. The summed E-state index contributed by atoms with van der Waals surface area (Å²) in [6, 6.07) is -0.123. The van der Waals surface area contributed by atoms with Gasteiger partial charge in [-0.15, -0.1) is 11.8 Å². The van der Waals surface area contributed by atoms with Crippen molar-refractivity contribution in [3.05, 3.63) is 0 Å². The maximum Gasteiger partial charge on any atom is 0.235 e. The molecule has 1 amide bonds. The number of carbonyl (C=O) groups is 1. The van der Waals surface area contributed by atoms with Crippen molar-refractivity contribution in [2.24, 2.45) is 0 Å². The second-order valence-electron chi connectivity index (χ2n) is 6.04. The van der Waals surface area contributed by atoms with E-state index in [-0.39, 0.29) is 28.7 Å². The van der Waals surface area contributed by atoms with Crippen molar-refractivity contribution in [2.45, 2.75) is 62.0 Å². The highest BCUT2D eigenvalue weighted by Gasteiger charge is 2.34. The van der Waals surface area contributed by atoms with Crippen LogP contribution in [0.5, 0.6) is 0 Å². The number of carbonyl (C=O) groups excluding carboxylic acids is 1. The van der Waals surface area contributed by atoms with Crippen molar-refractivity contribution in [1.82, 2.24) is 4.90 Å². The zero-order chi connectivity index (χ0) is 14.8. The standard InChI is InChI=1S/C14H25NO3S2/c1-11(19-13-6-4-3-5-7-13)14(16)15(2)12-8-9-20(17,18)10-12/h11-13H,3-10H2,1-2H3. The lowest BCUT2D eigenvalue weighted by molar-refractivity contribution is -0.130. The number of rotatable bonds is 4. The summed E-state index contributed by atoms with van der Waals surface area (Å²) in [6.07, 6.45) is 6.88. The molecule has 0 aromatic carbocycles.